The van der Waals surface area contributed by atoms with Gasteiger partial charge in [0.05, 0.1) is 16.9 Å². The SMILES string of the molecule is Cc1nc2c(c(N)c1C#N)Cc1ccc(OCCN3CCCC3)cc1O2. The van der Waals surface area contributed by atoms with E-state index in [9.17, 15) is 5.26 Å². The molecule has 1 saturated heterocycles. The van der Waals surface area contributed by atoms with Crippen molar-refractivity contribution < 1.29 is 9.47 Å². The summed E-state index contributed by atoms with van der Waals surface area (Å²) < 4.78 is 11.9. The molecular weight excluding hydrogens is 328 g/mol. The molecule has 0 amide bonds. The first-order chi connectivity index (χ1) is 12.7. The highest BCUT2D eigenvalue weighted by atomic mass is 16.5. The van der Waals surface area contributed by atoms with Gasteiger partial charge in [-0.1, -0.05) is 6.07 Å². The standard InChI is InChI=1S/C20H22N4O2/c1-13-17(12-21)19(22)16-10-14-4-5-15(11-18(14)26-20(16)23-13)25-9-8-24-6-2-3-7-24/h4-5,11H,2-3,6-10H2,1H3,(H2,22,23). The average Bonchev–Trinajstić information content (AvgIpc) is 3.14. The van der Waals surface area contributed by atoms with Crippen molar-refractivity contribution in [3.05, 3.63) is 40.6 Å². The number of nitriles is 1. The molecule has 1 aromatic heterocycles. The summed E-state index contributed by atoms with van der Waals surface area (Å²) in [4.78, 5) is 6.84. The fraction of sp³-hybridized carbons (Fsp3) is 0.400. The molecular formula is C20H22N4O2. The molecule has 0 aliphatic carbocycles. The lowest BCUT2D eigenvalue weighted by Gasteiger charge is -2.22. The summed E-state index contributed by atoms with van der Waals surface area (Å²) in [5, 5.41) is 9.26. The molecule has 0 spiro atoms. The van der Waals surface area contributed by atoms with Crippen LogP contribution in [-0.2, 0) is 6.42 Å². The molecule has 0 bridgehead atoms. The van der Waals surface area contributed by atoms with Crippen molar-refractivity contribution in [1.82, 2.24) is 9.88 Å². The molecule has 2 aliphatic rings. The summed E-state index contributed by atoms with van der Waals surface area (Å²) >= 11 is 0. The Balaban J connectivity index is 1.50. The maximum Gasteiger partial charge on any atom is 0.225 e. The summed E-state index contributed by atoms with van der Waals surface area (Å²) in [6.07, 6.45) is 3.18. The zero-order valence-electron chi connectivity index (χ0n) is 14.9. The van der Waals surface area contributed by atoms with Crippen molar-refractivity contribution in [3.8, 4) is 23.4 Å². The number of likely N-dealkylation sites (tertiary alicyclic amines) is 1. The van der Waals surface area contributed by atoms with Gasteiger partial charge in [0.1, 0.15) is 24.2 Å². The van der Waals surface area contributed by atoms with Crippen LogP contribution < -0.4 is 15.2 Å². The van der Waals surface area contributed by atoms with E-state index in [2.05, 4.69) is 16.0 Å². The molecule has 0 radical (unpaired) electrons. The van der Waals surface area contributed by atoms with Crippen LogP contribution in [0.1, 0.15) is 35.2 Å². The first-order valence-corrected chi connectivity index (χ1v) is 9.00. The fourth-order valence-corrected chi connectivity index (χ4v) is 3.59. The molecule has 0 atom stereocenters. The highest BCUT2D eigenvalue weighted by Crippen LogP contribution is 2.41. The van der Waals surface area contributed by atoms with E-state index in [-0.39, 0.29) is 0 Å². The van der Waals surface area contributed by atoms with Gasteiger partial charge in [0, 0.05) is 24.6 Å². The Hall–Kier alpha value is -2.78. The Kier molecular flexibility index (Phi) is 4.39. The lowest BCUT2D eigenvalue weighted by atomic mass is 9.98. The van der Waals surface area contributed by atoms with Crippen LogP contribution in [-0.4, -0.2) is 36.1 Å². The first kappa shape index (κ1) is 16.7. The lowest BCUT2D eigenvalue weighted by Crippen LogP contribution is -2.25. The number of ether oxygens (including phenoxy) is 2. The van der Waals surface area contributed by atoms with Gasteiger partial charge in [-0.3, -0.25) is 4.90 Å². The number of hydrogen-bond donors (Lipinski definition) is 1. The molecule has 6 heteroatoms. The number of hydrogen-bond acceptors (Lipinski definition) is 6. The predicted molar refractivity (Wildman–Crippen MR) is 98.6 cm³/mol. The molecule has 1 fully saturated rings. The Labute approximate surface area is 153 Å². The number of nitrogens with two attached hydrogens (primary N) is 1. The fourth-order valence-electron chi connectivity index (χ4n) is 3.59. The van der Waals surface area contributed by atoms with E-state index in [1.807, 2.05) is 18.2 Å². The number of aromatic nitrogens is 1. The van der Waals surface area contributed by atoms with Gasteiger partial charge < -0.3 is 15.2 Å². The summed E-state index contributed by atoms with van der Waals surface area (Å²) in [5.74, 6) is 2.03. The molecule has 2 aliphatic heterocycles. The van der Waals surface area contributed by atoms with Crippen molar-refractivity contribution >= 4 is 5.69 Å². The second-order valence-electron chi connectivity index (χ2n) is 6.83. The van der Waals surface area contributed by atoms with Gasteiger partial charge in [-0.05, 0) is 44.5 Å². The molecule has 2 aromatic rings. The number of anilines is 1. The minimum Gasteiger partial charge on any atom is -0.492 e. The van der Waals surface area contributed by atoms with Crippen LogP contribution in [0.15, 0.2) is 18.2 Å². The maximum atomic E-state index is 9.26. The van der Waals surface area contributed by atoms with Crippen LogP contribution in [0, 0.1) is 18.3 Å². The molecule has 0 unspecified atom stereocenters. The molecule has 26 heavy (non-hydrogen) atoms. The predicted octanol–water partition coefficient (Wildman–Crippen LogP) is 3.02. The van der Waals surface area contributed by atoms with Crippen LogP contribution in [0.5, 0.6) is 17.4 Å². The van der Waals surface area contributed by atoms with Crippen molar-refractivity contribution in [2.75, 3.05) is 32.0 Å². The first-order valence-electron chi connectivity index (χ1n) is 9.00. The molecule has 0 saturated carbocycles. The summed E-state index contributed by atoms with van der Waals surface area (Å²) in [6.45, 7) is 5.74. The second-order valence-corrected chi connectivity index (χ2v) is 6.83. The molecule has 6 nitrogen and oxygen atoms in total. The lowest BCUT2D eigenvalue weighted by molar-refractivity contribution is 0.237. The van der Waals surface area contributed by atoms with Gasteiger partial charge >= 0.3 is 0 Å². The Morgan fingerprint density at radius 2 is 2.15 bits per heavy atom. The molecule has 1 aromatic carbocycles. The normalized spacial score (nSPS) is 15.7. The average molecular weight is 350 g/mol. The zero-order chi connectivity index (χ0) is 18.1. The van der Waals surface area contributed by atoms with Gasteiger partial charge in [0.15, 0.2) is 0 Å². The van der Waals surface area contributed by atoms with Gasteiger partial charge in [0.2, 0.25) is 5.88 Å². The van der Waals surface area contributed by atoms with Gasteiger partial charge in [0.25, 0.3) is 0 Å². The topological polar surface area (TPSA) is 84.4 Å². The number of benzene rings is 1. The van der Waals surface area contributed by atoms with Crippen molar-refractivity contribution in [3.63, 3.8) is 0 Å². The monoisotopic (exact) mass is 350 g/mol. The van der Waals surface area contributed by atoms with E-state index < -0.39 is 0 Å². The number of rotatable bonds is 4. The van der Waals surface area contributed by atoms with E-state index in [4.69, 9.17) is 15.2 Å². The molecule has 3 heterocycles. The third-order valence-electron chi connectivity index (χ3n) is 5.08. The van der Waals surface area contributed by atoms with Crippen LogP contribution >= 0.6 is 0 Å². The molecule has 2 N–H and O–H groups in total. The quantitative estimate of drug-likeness (QED) is 0.778. The summed E-state index contributed by atoms with van der Waals surface area (Å²) in [5.41, 5.74) is 9.44. The molecule has 134 valence electrons. The largest absolute Gasteiger partial charge is 0.492 e. The number of fused-ring (bicyclic) bond motifs is 2. The van der Waals surface area contributed by atoms with Crippen molar-refractivity contribution in [2.45, 2.75) is 26.2 Å². The van der Waals surface area contributed by atoms with Gasteiger partial charge in [-0.15, -0.1) is 0 Å². The van der Waals surface area contributed by atoms with Gasteiger partial charge in [-0.2, -0.15) is 5.26 Å². The van der Waals surface area contributed by atoms with Gasteiger partial charge in [-0.25, -0.2) is 4.98 Å². The van der Waals surface area contributed by atoms with E-state index in [0.29, 0.717) is 35.9 Å². The van der Waals surface area contributed by atoms with Crippen molar-refractivity contribution in [1.29, 1.82) is 5.26 Å². The van der Waals surface area contributed by atoms with Crippen LogP contribution in [0.2, 0.25) is 0 Å². The maximum absolute atomic E-state index is 9.26. The molecule has 4 rings (SSSR count). The highest BCUT2D eigenvalue weighted by molar-refractivity contribution is 5.67. The van der Waals surface area contributed by atoms with Crippen LogP contribution in [0.3, 0.4) is 0 Å². The van der Waals surface area contributed by atoms with Crippen LogP contribution in [0.25, 0.3) is 0 Å². The second kappa shape index (κ2) is 6.85. The summed E-state index contributed by atoms with van der Waals surface area (Å²) in [6, 6.07) is 7.99. The van der Waals surface area contributed by atoms with E-state index in [0.717, 1.165) is 29.2 Å². The Morgan fingerprint density at radius 3 is 2.92 bits per heavy atom. The number of nitrogens with zero attached hydrogens (tertiary/aromatic N) is 3. The Morgan fingerprint density at radius 1 is 1.35 bits per heavy atom. The van der Waals surface area contributed by atoms with Crippen LogP contribution in [0.4, 0.5) is 5.69 Å². The minimum absolute atomic E-state index is 0.428. The number of pyridine rings is 1. The Bertz CT molecular complexity index is 882. The summed E-state index contributed by atoms with van der Waals surface area (Å²) in [7, 11) is 0. The highest BCUT2D eigenvalue weighted by Gasteiger charge is 2.24. The van der Waals surface area contributed by atoms with Crippen molar-refractivity contribution in [2.24, 2.45) is 0 Å². The third-order valence-corrected chi connectivity index (χ3v) is 5.08. The smallest absolute Gasteiger partial charge is 0.225 e. The van der Waals surface area contributed by atoms with E-state index in [1.54, 1.807) is 6.92 Å². The third kappa shape index (κ3) is 3.06. The van der Waals surface area contributed by atoms with E-state index >= 15 is 0 Å². The number of nitrogen functional groups attached to an aromatic ring is 1. The number of aryl methyl sites for hydroxylation is 1. The zero-order valence-corrected chi connectivity index (χ0v) is 14.9. The minimum atomic E-state index is 0.428. The van der Waals surface area contributed by atoms with E-state index in [1.165, 1.54) is 25.9 Å².